The molecule has 4 N–H and O–H groups in total. The van der Waals surface area contributed by atoms with E-state index in [9.17, 15) is 9.59 Å². The Morgan fingerprint density at radius 3 is 2.68 bits per heavy atom. The number of likely N-dealkylation sites (tertiary alicyclic amines) is 1. The Morgan fingerprint density at radius 1 is 1.32 bits per heavy atom. The number of nitrogens with two attached hydrogens (primary N) is 1. The van der Waals surface area contributed by atoms with E-state index in [4.69, 9.17) is 5.73 Å². The van der Waals surface area contributed by atoms with Gasteiger partial charge in [0, 0.05) is 25.7 Å². The molecule has 0 spiro atoms. The Bertz CT molecular complexity index is 340. The highest BCUT2D eigenvalue weighted by molar-refractivity contribution is 5.95. The summed E-state index contributed by atoms with van der Waals surface area (Å²) in [5.41, 5.74) is 6.04. The van der Waals surface area contributed by atoms with E-state index in [1.165, 1.54) is 6.42 Å². The van der Waals surface area contributed by atoms with Crippen molar-refractivity contribution >= 4 is 24.3 Å². The number of nitrogens with zero attached hydrogens (tertiary/aromatic N) is 1. The first-order valence-corrected chi connectivity index (χ1v) is 6.65. The van der Waals surface area contributed by atoms with Crippen molar-refractivity contribution in [3.05, 3.63) is 0 Å². The second-order valence-corrected chi connectivity index (χ2v) is 5.27. The molecule has 0 bridgehead atoms. The minimum atomic E-state index is -0.418. The molecule has 1 saturated heterocycles. The number of imide groups is 1. The molecule has 3 unspecified atom stereocenters. The maximum Gasteiger partial charge on any atom is 0.321 e. The van der Waals surface area contributed by atoms with Gasteiger partial charge in [-0.3, -0.25) is 15.0 Å². The molecule has 0 aromatic carbocycles. The van der Waals surface area contributed by atoms with E-state index in [0.29, 0.717) is 18.4 Å². The zero-order valence-electron chi connectivity index (χ0n) is 11.2. The summed E-state index contributed by atoms with van der Waals surface area (Å²) in [7, 11) is 0. The summed E-state index contributed by atoms with van der Waals surface area (Å²) < 4.78 is 0. The van der Waals surface area contributed by atoms with Crippen LogP contribution in [0.2, 0.25) is 0 Å². The highest BCUT2D eigenvalue weighted by Crippen LogP contribution is 2.36. The highest BCUT2D eigenvalue weighted by atomic mass is 35.5. The van der Waals surface area contributed by atoms with Gasteiger partial charge in [0.2, 0.25) is 5.91 Å². The average Bonchev–Trinajstić information content (AvgIpc) is 2.81. The Hall–Kier alpha value is -0.850. The van der Waals surface area contributed by atoms with Gasteiger partial charge in [0.05, 0.1) is 6.54 Å². The third kappa shape index (κ3) is 4.06. The molecule has 1 saturated carbocycles. The van der Waals surface area contributed by atoms with Gasteiger partial charge in [0.25, 0.3) is 0 Å². The molecule has 2 aliphatic rings. The van der Waals surface area contributed by atoms with Gasteiger partial charge in [-0.1, -0.05) is 0 Å². The van der Waals surface area contributed by atoms with Gasteiger partial charge in [-0.25, -0.2) is 4.79 Å². The van der Waals surface area contributed by atoms with Crippen LogP contribution in [0.5, 0.6) is 0 Å². The summed E-state index contributed by atoms with van der Waals surface area (Å²) >= 11 is 0. The fourth-order valence-electron chi connectivity index (χ4n) is 3.10. The number of rotatable bonds is 3. The largest absolute Gasteiger partial charge is 0.338 e. The van der Waals surface area contributed by atoms with Crippen LogP contribution < -0.4 is 16.4 Å². The molecule has 1 aliphatic carbocycles. The van der Waals surface area contributed by atoms with Gasteiger partial charge in [-0.15, -0.1) is 12.4 Å². The quantitative estimate of drug-likeness (QED) is 0.679. The number of fused-ring (bicyclic) bond motifs is 1. The maximum absolute atomic E-state index is 11.6. The fraction of sp³-hybridized carbons (Fsp3) is 0.833. The molecule has 3 amide bonds. The first-order valence-electron chi connectivity index (χ1n) is 6.65. The molecular formula is C12H23ClN4O2. The number of hydrogen-bond acceptors (Lipinski definition) is 4. The standard InChI is InChI=1S/C12H22N4O2.ClH/c1-2-14-12(18)15-11(17)7-16-5-8-3-4-10(13)9(8)6-16;/h8-10H,2-7,13H2,1H3,(H2,14,15,17,18);1H. The number of carbonyl (C=O) groups excluding carboxylic acids is 2. The SMILES string of the molecule is CCNC(=O)NC(=O)CN1CC2CCC(N)C2C1.Cl. The van der Waals surface area contributed by atoms with Crippen molar-refractivity contribution in [2.45, 2.75) is 25.8 Å². The molecule has 2 fully saturated rings. The topological polar surface area (TPSA) is 87.5 Å². The van der Waals surface area contributed by atoms with Crippen LogP contribution >= 0.6 is 12.4 Å². The summed E-state index contributed by atoms with van der Waals surface area (Å²) in [4.78, 5) is 24.9. The lowest BCUT2D eigenvalue weighted by Gasteiger charge is -2.17. The van der Waals surface area contributed by atoms with E-state index >= 15 is 0 Å². The third-order valence-electron chi connectivity index (χ3n) is 3.95. The fourth-order valence-corrected chi connectivity index (χ4v) is 3.10. The molecular weight excluding hydrogens is 268 g/mol. The van der Waals surface area contributed by atoms with Gasteiger partial charge in [-0.2, -0.15) is 0 Å². The maximum atomic E-state index is 11.6. The van der Waals surface area contributed by atoms with Crippen molar-refractivity contribution in [1.82, 2.24) is 15.5 Å². The Balaban J connectivity index is 0.00000180. The van der Waals surface area contributed by atoms with Gasteiger partial charge in [-0.05, 0) is 31.6 Å². The second kappa shape index (κ2) is 7.07. The molecule has 0 radical (unpaired) electrons. The monoisotopic (exact) mass is 290 g/mol. The molecule has 3 atom stereocenters. The molecule has 0 aromatic heterocycles. The predicted octanol–water partition coefficient (Wildman–Crippen LogP) is -0.0770. The number of amides is 3. The van der Waals surface area contributed by atoms with E-state index in [0.717, 1.165) is 19.5 Å². The van der Waals surface area contributed by atoms with Crippen molar-refractivity contribution < 1.29 is 9.59 Å². The number of halogens is 1. The summed E-state index contributed by atoms with van der Waals surface area (Å²) in [5.74, 6) is 0.925. The summed E-state index contributed by atoms with van der Waals surface area (Å²) in [6.07, 6.45) is 2.27. The minimum absolute atomic E-state index is 0. The number of nitrogens with one attached hydrogen (secondary N) is 2. The number of carbonyl (C=O) groups is 2. The summed E-state index contributed by atoms with van der Waals surface area (Å²) in [5, 5.41) is 4.86. The van der Waals surface area contributed by atoms with E-state index < -0.39 is 6.03 Å². The second-order valence-electron chi connectivity index (χ2n) is 5.27. The Labute approximate surface area is 119 Å². The van der Waals surface area contributed by atoms with Crippen LogP contribution in [0.25, 0.3) is 0 Å². The molecule has 0 aromatic rings. The van der Waals surface area contributed by atoms with Crippen molar-refractivity contribution in [1.29, 1.82) is 0 Å². The zero-order chi connectivity index (χ0) is 13.1. The molecule has 6 nitrogen and oxygen atoms in total. The van der Waals surface area contributed by atoms with Gasteiger partial charge < -0.3 is 11.1 Å². The molecule has 1 heterocycles. The predicted molar refractivity (Wildman–Crippen MR) is 75.1 cm³/mol. The average molecular weight is 291 g/mol. The van der Waals surface area contributed by atoms with Gasteiger partial charge in [0.15, 0.2) is 0 Å². The van der Waals surface area contributed by atoms with Crippen molar-refractivity contribution in [3.8, 4) is 0 Å². The lowest BCUT2D eigenvalue weighted by molar-refractivity contribution is -0.121. The lowest BCUT2D eigenvalue weighted by Crippen LogP contribution is -2.44. The van der Waals surface area contributed by atoms with Crippen molar-refractivity contribution in [2.24, 2.45) is 17.6 Å². The summed E-state index contributed by atoms with van der Waals surface area (Å²) in [6.45, 7) is 4.43. The molecule has 19 heavy (non-hydrogen) atoms. The lowest BCUT2D eigenvalue weighted by atomic mass is 9.98. The first kappa shape index (κ1) is 16.2. The van der Waals surface area contributed by atoms with E-state index in [-0.39, 0.29) is 30.9 Å². The van der Waals surface area contributed by atoms with E-state index in [2.05, 4.69) is 15.5 Å². The van der Waals surface area contributed by atoms with Crippen LogP contribution in [0.4, 0.5) is 4.79 Å². The summed E-state index contributed by atoms with van der Waals surface area (Å²) in [6, 6.07) is -0.134. The zero-order valence-corrected chi connectivity index (χ0v) is 12.0. The van der Waals surface area contributed by atoms with Crippen LogP contribution in [-0.2, 0) is 4.79 Å². The van der Waals surface area contributed by atoms with Crippen molar-refractivity contribution in [2.75, 3.05) is 26.2 Å². The number of urea groups is 1. The van der Waals surface area contributed by atoms with Crippen LogP contribution in [0.3, 0.4) is 0 Å². The minimum Gasteiger partial charge on any atom is -0.338 e. The van der Waals surface area contributed by atoms with Crippen LogP contribution in [0, 0.1) is 11.8 Å². The van der Waals surface area contributed by atoms with Crippen LogP contribution in [0.15, 0.2) is 0 Å². The molecule has 7 heteroatoms. The third-order valence-corrected chi connectivity index (χ3v) is 3.95. The smallest absolute Gasteiger partial charge is 0.321 e. The normalized spacial score (nSPS) is 29.5. The van der Waals surface area contributed by atoms with Crippen LogP contribution in [-0.4, -0.2) is 49.1 Å². The Morgan fingerprint density at radius 2 is 2.05 bits per heavy atom. The van der Waals surface area contributed by atoms with E-state index in [1.807, 2.05) is 6.92 Å². The molecule has 2 rings (SSSR count). The Kier molecular flexibility index (Phi) is 6.03. The van der Waals surface area contributed by atoms with Gasteiger partial charge >= 0.3 is 6.03 Å². The molecule has 110 valence electrons. The number of hydrogen-bond donors (Lipinski definition) is 3. The van der Waals surface area contributed by atoms with Crippen LogP contribution in [0.1, 0.15) is 19.8 Å². The van der Waals surface area contributed by atoms with E-state index in [1.54, 1.807) is 0 Å². The van der Waals surface area contributed by atoms with Crippen molar-refractivity contribution in [3.63, 3.8) is 0 Å². The first-order chi connectivity index (χ1) is 8.60. The molecule has 1 aliphatic heterocycles. The van der Waals surface area contributed by atoms with Gasteiger partial charge in [0.1, 0.15) is 0 Å². The highest BCUT2D eigenvalue weighted by Gasteiger charge is 2.41.